The van der Waals surface area contributed by atoms with Crippen LogP contribution in [-0.4, -0.2) is 96.7 Å². The Bertz CT molecular complexity index is 1840. The molecule has 0 rings (SSSR count). The number of phosphoric acid groups is 2. The number of aliphatic hydroxyl groups excluding tert-OH is 1. The molecule has 19 heteroatoms. The lowest BCUT2D eigenvalue weighted by atomic mass is 10.0. The van der Waals surface area contributed by atoms with Crippen LogP contribution in [0.3, 0.4) is 0 Å². The molecule has 0 aliphatic carbocycles. The number of unbranched alkanes of at least 4 members (excludes halogenated alkanes) is 49. The van der Waals surface area contributed by atoms with Crippen molar-refractivity contribution in [2.45, 2.75) is 425 Å². The van der Waals surface area contributed by atoms with Crippen LogP contribution >= 0.6 is 15.6 Å². The molecule has 0 heterocycles. The summed E-state index contributed by atoms with van der Waals surface area (Å²) < 4.78 is 68.5. The van der Waals surface area contributed by atoms with Gasteiger partial charge in [-0.2, -0.15) is 0 Å². The molecular formula is C77H150O17P2. The first-order valence-electron chi connectivity index (χ1n) is 40.1. The smallest absolute Gasteiger partial charge is 0.462 e. The van der Waals surface area contributed by atoms with Gasteiger partial charge in [0.2, 0.25) is 0 Å². The minimum atomic E-state index is -4.96. The fourth-order valence-electron chi connectivity index (χ4n) is 11.9. The van der Waals surface area contributed by atoms with Gasteiger partial charge in [0.1, 0.15) is 19.3 Å². The van der Waals surface area contributed by atoms with Gasteiger partial charge in [0.15, 0.2) is 12.2 Å². The number of carbonyl (C=O) groups is 4. The fourth-order valence-corrected chi connectivity index (χ4v) is 13.5. The zero-order chi connectivity index (χ0) is 70.5. The van der Waals surface area contributed by atoms with Gasteiger partial charge in [-0.05, 0) is 31.6 Å². The molecule has 0 radical (unpaired) electrons. The highest BCUT2D eigenvalue weighted by Crippen LogP contribution is 2.45. The Balaban J connectivity index is 5.23. The van der Waals surface area contributed by atoms with Gasteiger partial charge in [-0.1, -0.05) is 356 Å². The molecule has 17 nitrogen and oxygen atoms in total. The molecule has 0 aliphatic heterocycles. The average Bonchev–Trinajstić information content (AvgIpc) is 1.28. The molecule has 570 valence electrons. The second kappa shape index (κ2) is 70.1. The molecule has 0 fully saturated rings. The number of carbonyl (C=O) groups excluding carboxylic acids is 4. The number of aliphatic hydroxyl groups is 1. The van der Waals surface area contributed by atoms with Crippen LogP contribution in [0.2, 0.25) is 0 Å². The van der Waals surface area contributed by atoms with Gasteiger partial charge in [-0.15, -0.1) is 0 Å². The van der Waals surface area contributed by atoms with Crippen molar-refractivity contribution in [2.24, 2.45) is 5.92 Å². The number of ether oxygens (including phenoxy) is 4. The predicted molar refractivity (Wildman–Crippen MR) is 391 cm³/mol. The predicted octanol–water partition coefficient (Wildman–Crippen LogP) is 22.9. The van der Waals surface area contributed by atoms with Gasteiger partial charge >= 0.3 is 39.5 Å². The fraction of sp³-hybridized carbons (Fsp3) is 0.948. The molecule has 0 bridgehead atoms. The SMILES string of the molecule is CCCCCCCCCCCCCCCCCCCCCC(=O)O[C@H](COC(=O)CCCCCCCCCCCCCCCCC)COP(=O)(O)OC[C@@H](O)COP(=O)(O)OC[C@@H](COC(=O)CCCCCCCCCCCCC)OC(=O)CCCCCCCCCCC(C)C. The number of rotatable bonds is 77. The highest BCUT2D eigenvalue weighted by atomic mass is 31.2. The minimum Gasteiger partial charge on any atom is -0.462 e. The molecule has 0 saturated carbocycles. The third kappa shape index (κ3) is 70.5. The zero-order valence-corrected chi connectivity index (χ0v) is 64.3. The first kappa shape index (κ1) is 94.1. The maximum atomic E-state index is 13.1. The molecule has 2 unspecified atom stereocenters. The van der Waals surface area contributed by atoms with Crippen LogP contribution < -0.4 is 0 Å². The van der Waals surface area contributed by atoms with Crippen LogP contribution in [0.1, 0.15) is 407 Å². The van der Waals surface area contributed by atoms with Crippen molar-refractivity contribution in [3.05, 3.63) is 0 Å². The molecular weight excluding hydrogens is 1260 g/mol. The number of phosphoric ester groups is 2. The monoisotopic (exact) mass is 1410 g/mol. The third-order valence-electron chi connectivity index (χ3n) is 18.0. The van der Waals surface area contributed by atoms with E-state index in [9.17, 15) is 43.2 Å². The van der Waals surface area contributed by atoms with Crippen molar-refractivity contribution in [3.8, 4) is 0 Å². The van der Waals surface area contributed by atoms with E-state index in [0.29, 0.717) is 25.7 Å². The third-order valence-corrected chi connectivity index (χ3v) is 19.9. The van der Waals surface area contributed by atoms with Crippen LogP contribution in [-0.2, 0) is 65.4 Å². The van der Waals surface area contributed by atoms with E-state index < -0.39 is 97.5 Å². The number of hydrogen-bond acceptors (Lipinski definition) is 15. The normalized spacial score (nSPS) is 13.9. The quantitative estimate of drug-likeness (QED) is 0.0222. The van der Waals surface area contributed by atoms with Crippen LogP contribution in [0.4, 0.5) is 0 Å². The van der Waals surface area contributed by atoms with Gasteiger partial charge < -0.3 is 33.8 Å². The summed E-state index contributed by atoms with van der Waals surface area (Å²) in [4.78, 5) is 72.8. The average molecular weight is 1410 g/mol. The molecule has 3 N–H and O–H groups in total. The van der Waals surface area contributed by atoms with E-state index in [1.165, 1.54) is 231 Å². The molecule has 0 spiro atoms. The minimum absolute atomic E-state index is 0.105. The first-order valence-corrected chi connectivity index (χ1v) is 43.1. The highest BCUT2D eigenvalue weighted by Gasteiger charge is 2.30. The summed E-state index contributed by atoms with van der Waals surface area (Å²) >= 11 is 0. The summed E-state index contributed by atoms with van der Waals surface area (Å²) in [5, 5.41) is 10.6. The van der Waals surface area contributed by atoms with E-state index in [4.69, 9.17) is 37.0 Å². The van der Waals surface area contributed by atoms with Crippen molar-refractivity contribution in [1.82, 2.24) is 0 Å². The van der Waals surface area contributed by atoms with Crippen molar-refractivity contribution in [1.29, 1.82) is 0 Å². The van der Waals surface area contributed by atoms with Crippen LogP contribution in [0, 0.1) is 5.92 Å². The summed E-state index contributed by atoms with van der Waals surface area (Å²) in [7, 11) is -9.91. The van der Waals surface area contributed by atoms with Crippen molar-refractivity contribution < 1.29 is 80.2 Å². The molecule has 0 aromatic rings. The van der Waals surface area contributed by atoms with E-state index in [1.54, 1.807) is 0 Å². The van der Waals surface area contributed by atoms with E-state index in [1.807, 2.05) is 0 Å². The van der Waals surface area contributed by atoms with E-state index in [0.717, 1.165) is 95.8 Å². The molecule has 0 saturated heterocycles. The van der Waals surface area contributed by atoms with Crippen LogP contribution in [0.5, 0.6) is 0 Å². The van der Waals surface area contributed by atoms with E-state index in [2.05, 4.69) is 34.6 Å². The summed E-state index contributed by atoms with van der Waals surface area (Å²) in [6.07, 6.45) is 59.7. The first-order chi connectivity index (χ1) is 46.5. The summed E-state index contributed by atoms with van der Waals surface area (Å²) in [6, 6.07) is 0. The lowest BCUT2D eigenvalue weighted by Crippen LogP contribution is -2.30. The lowest BCUT2D eigenvalue weighted by molar-refractivity contribution is -0.161. The Morgan fingerprint density at radius 3 is 0.708 bits per heavy atom. The number of hydrogen-bond donors (Lipinski definition) is 3. The Hall–Kier alpha value is -1.94. The molecule has 96 heavy (non-hydrogen) atoms. The Morgan fingerprint density at radius 1 is 0.281 bits per heavy atom. The van der Waals surface area contributed by atoms with Gasteiger partial charge in [-0.25, -0.2) is 9.13 Å². The second-order valence-corrected chi connectivity index (χ2v) is 31.1. The van der Waals surface area contributed by atoms with Crippen LogP contribution in [0.25, 0.3) is 0 Å². The molecule has 0 aromatic carbocycles. The Morgan fingerprint density at radius 2 is 0.479 bits per heavy atom. The largest absolute Gasteiger partial charge is 0.472 e. The van der Waals surface area contributed by atoms with Crippen molar-refractivity contribution >= 4 is 39.5 Å². The molecule has 0 aliphatic rings. The molecule has 0 aromatic heterocycles. The molecule has 5 atom stereocenters. The lowest BCUT2D eigenvalue weighted by Gasteiger charge is -2.21. The van der Waals surface area contributed by atoms with Crippen LogP contribution in [0.15, 0.2) is 0 Å². The van der Waals surface area contributed by atoms with Gasteiger partial charge in [-0.3, -0.25) is 37.3 Å². The molecule has 0 amide bonds. The van der Waals surface area contributed by atoms with Crippen molar-refractivity contribution in [2.75, 3.05) is 39.6 Å². The highest BCUT2D eigenvalue weighted by molar-refractivity contribution is 7.47. The Kier molecular flexibility index (Phi) is 68.7. The maximum Gasteiger partial charge on any atom is 0.472 e. The van der Waals surface area contributed by atoms with Crippen molar-refractivity contribution in [3.63, 3.8) is 0 Å². The van der Waals surface area contributed by atoms with Gasteiger partial charge in [0.25, 0.3) is 0 Å². The van der Waals surface area contributed by atoms with Gasteiger partial charge in [0, 0.05) is 25.7 Å². The maximum absolute atomic E-state index is 13.1. The zero-order valence-electron chi connectivity index (χ0n) is 62.5. The van der Waals surface area contributed by atoms with E-state index in [-0.39, 0.29) is 25.7 Å². The standard InChI is InChI=1S/C77H150O17P2/c1-6-9-12-15-18-21-24-26-28-29-30-31-33-35-38-41-47-52-57-62-76(81)93-72(66-88-75(80)61-56-51-46-40-37-34-32-27-25-22-19-16-13-10-7-2)68-91-95(83,84)89-64-71(78)65-90-96(85,86)92-69-73(94-77(82)63-58-53-48-43-42-44-49-54-59-70(4)5)67-87-74(79)60-55-50-45-39-36-23-20-17-14-11-8-3/h70-73,78H,6-69H2,1-5H3,(H,83,84)(H,85,86)/t71-,72-,73-/m1/s1. The second-order valence-electron chi connectivity index (χ2n) is 28.2. The topological polar surface area (TPSA) is 237 Å². The Labute approximate surface area is 588 Å². The number of esters is 4. The van der Waals surface area contributed by atoms with E-state index >= 15 is 0 Å². The summed E-state index contributed by atoms with van der Waals surface area (Å²) in [6.45, 7) is 7.26. The summed E-state index contributed by atoms with van der Waals surface area (Å²) in [5.41, 5.74) is 0. The van der Waals surface area contributed by atoms with Gasteiger partial charge in [0.05, 0.1) is 26.4 Å². The summed E-state index contributed by atoms with van der Waals surface area (Å²) in [5.74, 6) is -1.39.